The maximum absolute atomic E-state index is 4.75. The summed E-state index contributed by atoms with van der Waals surface area (Å²) in [5.74, 6) is 0.707. The average molecular weight is 404 g/mol. The van der Waals surface area contributed by atoms with Crippen molar-refractivity contribution in [3.05, 3.63) is 96.7 Å². The summed E-state index contributed by atoms with van der Waals surface area (Å²) in [5, 5.41) is 3.37. The third kappa shape index (κ3) is 4.09. The second-order valence-electron chi connectivity index (χ2n) is 7.24. The monoisotopic (exact) mass is 404 g/mol. The summed E-state index contributed by atoms with van der Waals surface area (Å²) in [6, 6.07) is 20.0. The van der Waals surface area contributed by atoms with E-state index in [1.54, 1.807) is 18.6 Å². The van der Waals surface area contributed by atoms with Crippen molar-refractivity contribution in [1.82, 2.24) is 24.9 Å². The number of aromatic nitrogens is 5. The van der Waals surface area contributed by atoms with Crippen LogP contribution in [0.2, 0.25) is 0 Å². The minimum absolute atomic E-state index is 0.594. The smallest absolute Gasteiger partial charge is 0.154 e. The van der Waals surface area contributed by atoms with Gasteiger partial charge in [-0.05, 0) is 36.8 Å². The molecule has 0 saturated carbocycles. The zero-order chi connectivity index (χ0) is 21.0. The normalized spacial score (nSPS) is 10.9. The van der Waals surface area contributed by atoms with Crippen LogP contribution in [0.5, 0.6) is 0 Å². The number of pyridine rings is 3. The van der Waals surface area contributed by atoms with E-state index in [1.165, 1.54) is 0 Å². The standard InChI is InChI=1S/C25H20N6/c1-17-13-20(9-11-26-17)21-8-7-18(14-28-21)15-30-25-24-22(10-12-27-25)31-23(16-29-24)19-5-3-2-4-6-19/h2-14,16H,15H2,1H3,(H,27,30). The van der Waals surface area contributed by atoms with Crippen LogP contribution in [0, 0.1) is 6.92 Å². The highest BCUT2D eigenvalue weighted by Crippen LogP contribution is 2.23. The maximum atomic E-state index is 4.75. The number of rotatable bonds is 5. The molecule has 4 aromatic heterocycles. The molecule has 0 aliphatic heterocycles. The van der Waals surface area contributed by atoms with Crippen molar-refractivity contribution in [1.29, 1.82) is 0 Å². The number of benzene rings is 1. The van der Waals surface area contributed by atoms with Gasteiger partial charge in [-0.25, -0.2) is 15.0 Å². The Bertz CT molecular complexity index is 1330. The first kappa shape index (κ1) is 18.8. The van der Waals surface area contributed by atoms with Crippen molar-refractivity contribution in [3.8, 4) is 22.5 Å². The fourth-order valence-corrected chi connectivity index (χ4v) is 3.41. The molecule has 0 aliphatic carbocycles. The molecule has 150 valence electrons. The minimum atomic E-state index is 0.594. The van der Waals surface area contributed by atoms with Gasteiger partial charge in [0.25, 0.3) is 0 Å². The Hall–Kier alpha value is -4.19. The lowest BCUT2D eigenvalue weighted by atomic mass is 10.1. The van der Waals surface area contributed by atoms with E-state index in [9.17, 15) is 0 Å². The second kappa shape index (κ2) is 8.28. The van der Waals surface area contributed by atoms with Gasteiger partial charge < -0.3 is 5.32 Å². The minimum Gasteiger partial charge on any atom is -0.364 e. The quantitative estimate of drug-likeness (QED) is 0.441. The number of hydrogen-bond donors (Lipinski definition) is 1. The first-order valence-corrected chi connectivity index (χ1v) is 10.1. The van der Waals surface area contributed by atoms with Gasteiger partial charge in [0.05, 0.1) is 23.1 Å². The van der Waals surface area contributed by atoms with Gasteiger partial charge in [-0.3, -0.25) is 9.97 Å². The van der Waals surface area contributed by atoms with Crippen molar-refractivity contribution in [3.63, 3.8) is 0 Å². The Balaban J connectivity index is 1.35. The fourth-order valence-electron chi connectivity index (χ4n) is 3.41. The molecule has 0 radical (unpaired) electrons. The third-order valence-corrected chi connectivity index (χ3v) is 5.01. The molecule has 0 atom stereocenters. The van der Waals surface area contributed by atoms with Gasteiger partial charge in [0.2, 0.25) is 0 Å². The number of aryl methyl sites for hydroxylation is 1. The van der Waals surface area contributed by atoms with Crippen LogP contribution in [0.15, 0.2) is 85.5 Å². The lowest BCUT2D eigenvalue weighted by Gasteiger charge is -2.09. The first-order chi connectivity index (χ1) is 15.3. The van der Waals surface area contributed by atoms with E-state index < -0.39 is 0 Å². The highest BCUT2D eigenvalue weighted by atomic mass is 15.0. The van der Waals surface area contributed by atoms with Gasteiger partial charge >= 0.3 is 0 Å². The van der Waals surface area contributed by atoms with Crippen molar-refractivity contribution in [2.45, 2.75) is 13.5 Å². The largest absolute Gasteiger partial charge is 0.364 e. The molecule has 0 aliphatic rings. The molecular formula is C25H20N6. The summed E-state index contributed by atoms with van der Waals surface area (Å²) < 4.78 is 0. The summed E-state index contributed by atoms with van der Waals surface area (Å²) in [7, 11) is 0. The van der Waals surface area contributed by atoms with E-state index in [-0.39, 0.29) is 0 Å². The summed E-state index contributed by atoms with van der Waals surface area (Å²) in [4.78, 5) is 22.7. The molecule has 0 unspecified atom stereocenters. The van der Waals surface area contributed by atoms with Crippen LogP contribution in [0.4, 0.5) is 5.82 Å². The average Bonchev–Trinajstić information content (AvgIpc) is 2.83. The maximum Gasteiger partial charge on any atom is 0.154 e. The van der Waals surface area contributed by atoms with E-state index in [1.807, 2.05) is 67.7 Å². The SMILES string of the molecule is Cc1cc(-c2ccc(CNc3nccc4nc(-c5ccccc5)cnc34)cn2)ccn1. The van der Waals surface area contributed by atoms with E-state index >= 15 is 0 Å². The molecule has 4 heterocycles. The van der Waals surface area contributed by atoms with Crippen molar-refractivity contribution >= 4 is 16.9 Å². The van der Waals surface area contributed by atoms with Crippen LogP contribution >= 0.6 is 0 Å². The summed E-state index contributed by atoms with van der Waals surface area (Å²) in [6.07, 6.45) is 7.22. The van der Waals surface area contributed by atoms with Crippen molar-refractivity contribution in [2.75, 3.05) is 5.32 Å². The molecule has 0 amide bonds. The summed E-state index contributed by atoms with van der Waals surface area (Å²) in [6.45, 7) is 2.57. The molecule has 0 bridgehead atoms. The molecule has 1 aromatic carbocycles. The Labute approximate surface area is 180 Å². The Morgan fingerprint density at radius 2 is 1.61 bits per heavy atom. The van der Waals surface area contributed by atoms with Gasteiger partial charge in [-0.15, -0.1) is 0 Å². The van der Waals surface area contributed by atoms with Crippen LogP contribution < -0.4 is 5.32 Å². The van der Waals surface area contributed by atoms with Crippen LogP contribution in [-0.2, 0) is 6.54 Å². The molecule has 5 aromatic rings. The van der Waals surface area contributed by atoms with Crippen LogP contribution in [0.3, 0.4) is 0 Å². The number of fused-ring (bicyclic) bond motifs is 1. The molecule has 0 fully saturated rings. The number of nitrogens with zero attached hydrogens (tertiary/aromatic N) is 5. The molecule has 1 N–H and O–H groups in total. The molecule has 31 heavy (non-hydrogen) atoms. The van der Waals surface area contributed by atoms with Crippen molar-refractivity contribution in [2.24, 2.45) is 0 Å². The lowest BCUT2D eigenvalue weighted by Crippen LogP contribution is -2.04. The molecule has 0 saturated heterocycles. The van der Waals surface area contributed by atoms with E-state index in [4.69, 9.17) is 4.98 Å². The predicted octanol–water partition coefficient (Wildman–Crippen LogP) is 5.07. The first-order valence-electron chi connectivity index (χ1n) is 10.1. The van der Waals surface area contributed by atoms with Crippen molar-refractivity contribution < 1.29 is 0 Å². The van der Waals surface area contributed by atoms with E-state index in [0.717, 1.165) is 44.8 Å². The predicted molar refractivity (Wildman–Crippen MR) is 122 cm³/mol. The molecule has 6 heteroatoms. The second-order valence-corrected chi connectivity index (χ2v) is 7.24. The Kier molecular flexibility index (Phi) is 5.02. The molecule has 0 spiro atoms. The molecule has 5 rings (SSSR count). The van der Waals surface area contributed by atoms with E-state index in [2.05, 4.69) is 31.3 Å². The third-order valence-electron chi connectivity index (χ3n) is 5.01. The van der Waals surface area contributed by atoms with E-state index in [0.29, 0.717) is 12.4 Å². The zero-order valence-corrected chi connectivity index (χ0v) is 17.0. The highest BCUT2D eigenvalue weighted by Gasteiger charge is 2.08. The summed E-state index contributed by atoms with van der Waals surface area (Å²) >= 11 is 0. The Morgan fingerprint density at radius 1 is 0.742 bits per heavy atom. The molecular weight excluding hydrogens is 384 g/mol. The fraction of sp³-hybridized carbons (Fsp3) is 0.0800. The topological polar surface area (TPSA) is 76.5 Å². The zero-order valence-electron chi connectivity index (χ0n) is 17.0. The Morgan fingerprint density at radius 3 is 2.42 bits per heavy atom. The number of hydrogen-bond acceptors (Lipinski definition) is 6. The summed E-state index contributed by atoms with van der Waals surface area (Å²) in [5.41, 5.74) is 7.46. The highest BCUT2D eigenvalue weighted by molar-refractivity contribution is 5.86. The van der Waals surface area contributed by atoms with Gasteiger partial charge in [0.1, 0.15) is 5.52 Å². The van der Waals surface area contributed by atoms with Gasteiger partial charge in [-0.1, -0.05) is 36.4 Å². The van der Waals surface area contributed by atoms with Gasteiger partial charge in [-0.2, -0.15) is 0 Å². The van der Waals surface area contributed by atoms with Gasteiger partial charge in [0, 0.05) is 42.0 Å². The lowest BCUT2D eigenvalue weighted by molar-refractivity contribution is 1.09. The van der Waals surface area contributed by atoms with Crippen LogP contribution in [0.1, 0.15) is 11.3 Å². The number of nitrogens with one attached hydrogen (secondary N) is 1. The van der Waals surface area contributed by atoms with Crippen LogP contribution in [-0.4, -0.2) is 24.9 Å². The van der Waals surface area contributed by atoms with Gasteiger partial charge in [0.15, 0.2) is 5.82 Å². The number of anilines is 1. The van der Waals surface area contributed by atoms with Crippen LogP contribution in [0.25, 0.3) is 33.5 Å². The molecule has 6 nitrogen and oxygen atoms in total.